The van der Waals surface area contributed by atoms with E-state index in [2.05, 4.69) is 4.98 Å². The maximum Gasteiger partial charge on any atom is 0.343 e. The molecule has 1 aliphatic heterocycles. The molecule has 1 aliphatic rings. The van der Waals surface area contributed by atoms with Crippen LogP contribution in [0.1, 0.15) is 40.9 Å². The summed E-state index contributed by atoms with van der Waals surface area (Å²) in [5, 5.41) is 11.1. The number of ether oxygens (including phenoxy) is 3. The second-order valence-electron chi connectivity index (χ2n) is 7.01. The first-order valence-corrected chi connectivity index (χ1v) is 11.0. The molecule has 2 heterocycles. The summed E-state index contributed by atoms with van der Waals surface area (Å²) in [6, 6.07) is 12.3. The van der Waals surface area contributed by atoms with Gasteiger partial charge >= 0.3 is 5.97 Å². The van der Waals surface area contributed by atoms with Gasteiger partial charge in [-0.2, -0.15) is 4.98 Å². The van der Waals surface area contributed by atoms with Crippen molar-refractivity contribution in [1.82, 2.24) is 9.55 Å². The molecule has 32 heavy (non-hydrogen) atoms. The summed E-state index contributed by atoms with van der Waals surface area (Å²) in [6.45, 7) is 2.02. The largest absolute Gasteiger partial charge is 0.493 e. The number of rotatable bonds is 7. The van der Waals surface area contributed by atoms with Crippen molar-refractivity contribution in [2.75, 3.05) is 20.0 Å². The van der Waals surface area contributed by atoms with Crippen molar-refractivity contribution in [2.45, 2.75) is 24.6 Å². The Morgan fingerprint density at radius 3 is 2.53 bits per heavy atom. The van der Waals surface area contributed by atoms with E-state index in [0.717, 1.165) is 12.2 Å². The predicted octanol–water partition coefficient (Wildman–Crippen LogP) is 3.72. The van der Waals surface area contributed by atoms with Gasteiger partial charge in [-0.3, -0.25) is 9.36 Å². The van der Waals surface area contributed by atoms with Gasteiger partial charge in [0.2, 0.25) is 5.88 Å². The quantitative estimate of drug-likeness (QED) is 0.328. The first-order valence-electron chi connectivity index (χ1n) is 10.0. The zero-order valence-electron chi connectivity index (χ0n) is 17.8. The summed E-state index contributed by atoms with van der Waals surface area (Å²) in [5.74, 6) is 0.148. The highest BCUT2D eigenvalue weighted by molar-refractivity contribution is 7.99. The number of aromatic hydroxyl groups is 1. The number of carbonyl (C=O) groups is 1. The Morgan fingerprint density at radius 1 is 1.12 bits per heavy atom. The van der Waals surface area contributed by atoms with Crippen LogP contribution >= 0.6 is 11.8 Å². The molecule has 2 aromatic carbocycles. The predicted molar refractivity (Wildman–Crippen MR) is 119 cm³/mol. The number of cyclic esters (lactones) is 1. The lowest BCUT2D eigenvalue weighted by molar-refractivity contribution is 0.0447. The summed E-state index contributed by atoms with van der Waals surface area (Å²) in [4.78, 5) is 30.7. The van der Waals surface area contributed by atoms with Gasteiger partial charge in [0.1, 0.15) is 11.1 Å². The number of fused-ring (bicyclic) bond motifs is 1. The molecule has 1 N–H and O–H groups in total. The number of hydrogen-bond acceptors (Lipinski definition) is 8. The highest BCUT2D eigenvalue weighted by Crippen LogP contribution is 2.45. The Morgan fingerprint density at radius 2 is 1.88 bits per heavy atom. The SMILES string of the molecule is CCCSc1nc(O)c(C2OC(=O)c3c2ccc(OC)c3OC)c(=O)n1-c1ccccc1. The van der Waals surface area contributed by atoms with Gasteiger partial charge in [-0.1, -0.05) is 43.0 Å². The summed E-state index contributed by atoms with van der Waals surface area (Å²) in [5.41, 5.74) is 0.528. The number of para-hydroxylation sites is 1. The molecule has 1 aromatic heterocycles. The maximum absolute atomic E-state index is 13.7. The number of nitrogens with zero attached hydrogens (tertiary/aromatic N) is 2. The lowest BCUT2D eigenvalue weighted by Crippen LogP contribution is -2.27. The summed E-state index contributed by atoms with van der Waals surface area (Å²) in [7, 11) is 2.88. The molecule has 0 aliphatic carbocycles. The Bertz CT molecular complexity index is 1230. The van der Waals surface area contributed by atoms with Crippen LogP contribution in [0.4, 0.5) is 0 Å². The molecule has 0 amide bonds. The van der Waals surface area contributed by atoms with Crippen LogP contribution < -0.4 is 15.0 Å². The molecular weight excluding hydrogens is 432 g/mol. The van der Waals surface area contributed by atoms with Crippen molar-refractivity contribution in [2.24, 2.45) is 0 Å². The molecule has 0 spiro atoms. The minimum Gasteiger partial charge on any atom is -0.493 e. The zero-order chi connectivity index (χ0) is 22.8. The lowest BCUT2D eigenvalue weighted by atomic mass is 9.99. The Hall–Kier alpha value is -3.46. The molecule has 8 nitrogen and oxygen atoms in total. The van der Waals surface area contributed by atoms with Crippen LogP contribution in [0.3, 0.4) is 0 Å². The highest BCUT2D eigenvalue weighted by Gasteiger charge is 2.40. The normalized spacial score (nSPS) is 14.7. The number of hydrogen-bond donors (Lipinski definition) is 1. The van der Waals surface area contributed by atoms with Crippen molar-refractivity contribution in [1.29, 1.82) is 0 Å². The van der Waals surface area contributed by atoms with E-state index < -0.39 is 23.5 Å². The molecular formula is C23H22N2O6S. The summed E-state index contributed by atoms with van der Waals surface area (Å²) in [6.07, 6.45) is -0.259. The fourth-order valence-electron chi connectivity index (χ4n) is 3.64. The average molecular weight is 455 g/mol. The van der Waals surface area contributed by atoms with Crippen molar-refractivity contribution < 1.29 is 24.1 Å². The Balaban J connectivity index is 1.94. The molecule has 3 aromatic rings. The van der Waals surface area contributed by atoms with Crippen molar-refractivity contribution in [3.8, 4) is 23.1 Å². The van der Waals surface area contributed by atoms with Crippen molar-refractivity contribution in [3.05, 3.63) is 69.5 Å². The molecule has 166 valence electrons. The third-order valence-corrected chi connectivity index (χ3v) is 6.21. The number of aromatic nitrogens is 2. The van der Waals surface area contributed by atoms with Gasteiger partial charge in [0, 0.05) is 11.3 Å². The molecule has 0 fully saturated rings. The van der Waals surface area contributed by atoms with Gasteiger partial charge in [-0.25, -0.2) is 4.79 Å². The summed E-state index contributed by atoms with van der Waals surface area (Å²) < 4.78 is 17.6. The third-order valence-electron chi connectivity index (χ3n) is 5.07. The lowest BCUT2D eigenvalue weighted by Gasteiger charge is -2.17. The molecule has 0 saturated carbocycles. The van der Waals surface area contributed by atoms with E-state index in [1.54, 1.807) is 24.3 Å². The Labute approximate surface area is 188 Å². The monoisotopic (exact) mass is 454 g/mol. The number of methoxy groups -OCH3 is 2. The van der Waals surface area contributed by atoms with Crippen LogP contribution in [0.2, 0.25) is 0 Å². The van der Waals surface area contributed by atoms with Gasteiger partial charge in [0.25, 0.3) is 5.56 Å². The standard InChI is InChI=1S/C23H22N2O6S/c1-4-12-32-23-24-20(26)17(21(27)25(23)13-8-6-5-7-9-13)18-14-10-11-15(29-2)19(30-3)16(14)22(28)31-18/h5-11,18,26H,4,12H2,1-3H3. The van der Waals surface area contributed by atoms with E-state index in [4.69, 9.17) is 14.2 Å². The van der Waals surface area contributed by atoms with Crippen LogP contribution in [0, 0.1) is 0 Å². The van der Waals surface area contributed by atoms with Crippen molar-refractivity contribution >= 4 is 17.7 Å². The first kappa shape index (κ1) is 21.8. The number of thioether (sulfide) groups is 1. The van der Waals surface area contributed by atoms with E-state index in [1.165, 1.54) is 30.5 Å². The smallest absolute Gasteiger partial charge is 0.343 e. The first-order chi connectivity index (χ1) is 15.5. The van der Waals surface area contributed by atoms with Gasteiger partial charge < -0.3 is 19.3 Å². The fourth-order valence-corrected chi connectivity index (χ4v) is 4.50. The molecule has 4 rings (SSSR count). The zero-order valence-corrected chi connectivity index (χ0v) is 18.6. The fraction of sp³-hybridized carbons (Fsp3) is 0.261. The van der Waals surface area contributed by atoms with E-state index in [0.29, 0.717) is 22.2 Å². The van der Waals surface area contributed by atoms with E-state index in [-0.39, 0.29) is 16.9 Å². The highest BCUT2D eigenvalue weighted by atomic mass is 32.2. The summed E-state index contributed by atoms with van der Waals surface area (Å²) >= 11 is 1.37. The van der Waals surface area contributed by atoms with E-state index in [9.17, 15) is 14.7 Å². The van der Waals surface area contributed by atoms with Gasteiger partial charge in [-0.15, -0.1) is 0 Å². The Kier molecular flexibility index (Phi) is 6.09. The number of carbonyl (C=O) groups excluding carboxylic acids is 1. The van der Waals surface area contributed by atoms with Crippen LogP contribution in [0.15, 0.2) is 52.4 Å². The second kappa shape index (κ2) is 8.96. The maximum atomic E-state index is 13.7. The van der Waals surface area contributed by atoms with Crippen LogP contribution in [-0.2, 0) is 4.74 Å². The molecule has 9 heteroatoms. The van der Waals surface area contributed by atoms with Gasteiger partial charge in [0.05, 0.1) is 19.9 Å². The minimum absolute atomic E-state index is 0.117. The minimum atomic E-state index is -1.13. The number of esters is 1. The molecule has 1 atom stereocenters. The van der Waals surface area contributed by atoms with E-state index in [1.807, 2.05) is 25.1 Å². The molecule has 1 unspecified atom stereocenters. The van der Waals surface area contributed by atoms with Crippen LogP contribution in [-0.4, -0.2) is 40.6 Å². The third kappa shape index (κ3) is 3.58. The van der Waals surface area contributed by atoms with E-state index >= 15 is 0 Å². The molecule has 0 saturated heterocycles. The average Bonchev–Trinajstić information content (AvgIpc) is 3.13. The van der Waals surface area contributed by atoms with Gasteiger partial charge in [0.15, 0.2) is 22.8 Å². The molecule has 0 radical (unpaired) electrons. The topological polar surface area (TPSA) is 99.9 Å². The van der Waals surface area contributed by atoms with Gasteiger partial charge in [-0.05, 0) is 24.6 Å². The second-order valence-corrected chi connectivity index (χ2v) is 8.07. The van der Waals surface area contributed by atoms with Crippen molar-refractivity contribution in [3.63, 3.8) is 0 Å². The van der Waals surface area contributed by atoms with Crippen LogP contribution in [0.25, 0.3) is 5.69 Å². The number of benzene rings is 2. The molecule has 0 bridgehead atoms. The van der Waals surface area contributed by atoms with Crippen LogP contribution in [0.5, 0.6) is 17.4 Å².